The highest BCUT2D eigenvalue weighted by Crippen LogP contribution is 2.33. The van der Waals surface area contributed by atoms with Crippen LogP contribution >= 0.6 is 0 Å². The summed E-state index contributed by atoms with van der Waals surface area (Å²) in [5.74, 6) is 2.97. The molecule has 1 amide bonds. The Labute approximate surface area is 169 Å². The minimum absolute atomic E-state index is 0.106. The summed E-state index contributed by atoms with van der Waals surface area (Å²) in [6, 6.07) is 6.36. The summed E-state index contributed by atoms with van der Waals surface area (Å²) in [4.78, 5) is 26.7. The van der Waals surface area contributed by atoms with E-state index < -0.39 is 0 Å². The predicted molar refractivity (Wildman–Crippen MR) is 108 cm³/mol. The maximum Gasteiger partial charge on any atom is 0.270 e. The molecule has 0 unspecified atom stereocenters. The zero-order valence-electron chi connectivity index (χ0n) is 16.8. The molecule has 1 aromatic carbocycles. The number of benzene rings is 1. The van der Waals surface area contributed by atoms with Crippen molar-refractivity contribution < 1.29 is 14.3 Å². The van der Waals surface area contributed by atoms with E-state index in [2.05, 4.69) is 34.2 Å². The van der Waals surface area contributed by atoms with Gasteiger partial charge in [0.05, 0.1) is 0 Å². The van der Waals surface area contributed by atoms with Crippen LogP contribution in [0.15, 0.2) is 18.2 Å². The number of carbonyl (C=O) groups is 1. The standard InChI is InChI=1S/C21H25N5O3/c1-25(2)14-6-8-26(11-14)20-15-5-7-22-21(27)19(15)23-18(24-20)10-13-3-4-16-17(9-13)29-12-28-16/h3-4,9,14H,5-8,10-12H2,1-2H3,(H,22,27)/t14-/m1/s1. The van der Waals surface area contributed by atoms with Crippen LogP contribution in [-0.2, 0) is 12.8 Å². The van der Waals surface area contributed by atoms with Crippen LogP contribution in [0.4, 0.5) is 5.82 Å². The summed E-state index contributed by atoms with van der Waals surface area (Å²) in [5.41, 5.74) is 2.52. The van der Waals surface area contributed by atoms with Crippen molar-refractivity contribution in [1.29, 1.82) is 0 Å². The quantitative estimate of drug-likeness (QED) is 0.834. The van der Waals surface area contributed by atoms with Gasteiger partial charge in [0.1, 0.15) is 17.3 Å². The van der Waals surface area contributed by atoms with E-state index in [0.29, 0.717) is 30.5 Å². The first-order valence-electron chi connectivity index (χ1n) is 10.1. The van der Waals surface area contributed by atoms with Gasteiger partial charge in [-0.2, -0.15) is 0 Å². The Hall–Kier alpha value is -2.87. The second-order valence-corrected chi connectivity index (χ2v) is 8.01. The molecule has 1 saturated heterocycles. The van der Waals surface area contributed by atoms with Gasteiger partial charge in [0.25, 0.3) is 5.91 Å². The lowest BCUT2D eigenvalue weighted by atomic mass is 10.0. The van der Waals surface area contributed by atoms with Crippen molar-refractivity contribution in [2.75, 3.05) is 45.4 Å². The maximum absolute atomic E-state index is 12.5. The number of likely N-dealkylation sites (N-methyl/N-ethyl adjacent to an activating group) is 1. The Morgan fingerprint density at radius 2 is 2.10 bits per heavy atom. The first-order chi connectivity index (χ1) is 14.1. The smallest absolute Gasteiger partial charge is 0.270 e. The summed E-state index contributed by atoms with van der Waals surface area (Å²) >= 11 is 0. The summed E-state index contributed by atoms with van der Waals surface area (Å²) in [5, 5.41) is 2.92. The molecule has 29 heavy (non-hydrogen) atoms. The number of aromatic nitrogens is 2. The van der Waals surface area contributed by atoms with E-state index in [-0.39, 0.29) is 12.7 Å². The van der Waals surface area contributed by atoms with E-state index in [1.54, 1.807) is 0 Å². The van der Waals surface area contributed by atoms with Crippen molar-refractivity contribution in [3.8, 4) is 11.5 Å². The number of nitrogens with one attached hydrogen (secondary N) is 1. The highest BCUT2D eigenvalue weighted by Gasteiger charge is 2.31. The summed E-state index contributed by atoms with van der Waals surface area (Å²) in [6.45, 7) is 2.74. The van der Waals surface area contributed by atoms with Crippen LogP contribution in [0.25, 0.3) is 0 Å². The second-order valence-electron chi connectivity index (χ2n) is 8.01. The molecule has 0 aliphatic carbocycles. The molecule has 3 aliphatic rings. The SMILES string of the molecule is CN(C)[C@@H]1CCN(c2nc(Cc3ccc4c(c3)OCO4)nc3c2CCNC3=O)C1. The van der Waals surface area contributed by atoms with Crippen LogP contribution in [0.3, 0.4) is 0 Å². The Balaban J connectivity index is 1.49. The molecule has 8 heteroatoms. The van der Waals surface area contributed by atoms with Gasteiger partial charge < -0.3 is 24.6 Å². The number of rotatable bonds is 4. The molecule has 1 atom stereocenters. The fraction of sp³-hybridized carbons (Fsp3) is 0.476. The van der Waals surface area contributed by atoms with Gasteiger partial charge in [0.15, 0.2) is 11.5 Å². The minimum Gasteiger partial charge on any atom is -0.454 e. The first-order valence-corrected chi connectivity index (χ1v) is 10.1. The minimum atomic E-state index is -0.106. The molecule has 8 nitrogen and oxygen atoms in total. The molecule has 1 N–H and O–H groups in total. The van der Waals surface area contributed by atoms with E-state index in [4.69, 9.17) is 14.5 Å². The van der Waals surface area contributed by atoms with E-state index >= 15 is 0 Å². The Morgan fingerprint density at radius 1 is 1.24 bits per heavy atom. The Kier molecular flexibility index (Phi) is 4.50. The van der Waals surface area contributed by atoms with E-state index in [1.165, 1.54) is 0 Å². The summed E-state index contributed by atoms with van der Waals surface area (Å²) in [7, 11) is 4.23. The van der Waals surface area contributed by atoms with Crippen LogP contribution < -0.4 is 19.7 Å². The molecule has 5 rings (SSSR count). The summed E-state index contributed by atoms with van der Waals surface area (Å²) in [6.07, 6.45) is 2.40. The number of carbonyl (C=O) groups excluding carboxylic acids is 1. The highest BCUT2D eigenvalue weighted by atomic mass is 16.7. The monoisotopic (exact) mass is 395 g/mol. The average molecular weight is 395 g/mol. The fourth-order valence-electron chi connectivity index (χ4n) is 4.25. The van der Waals surface area contributed by atoms with Gasteiger partial charge in [-0.3, -0.25) is 4.79 Å². The van der Waals surface area contributed by atoms with E-state index in [0.717, 1.165) is 54.4 Å². The molecule has 1 aromatic heterocycles. The third kappa shape index (κ3) is 3.37. The highest BCUT2D eigenvalue weighted by molar-refractivity contribution is 5.96. The largest absolute Gasteiger partial charge is 0.454 e. The molecule has 1 fully saturated rings. The number of fused-ring (bicyclic) bond motifs is 2. The van der Waals surface area contributed by atoms with Crippen molar-refractivity contribution in [2.45, 2.75) is 25.3 Å². The maximum atomic E-state index is 12.5. The number of anilines is 1. The van der Waals surface area contributed by atoms with E-state index in [9.17, 15) is 4.79 Å². The Morgan fingerprint density at radius 3 is 2.93 bits per heavy atom. The molecule has 0 spiro atoms. The fourth-order valence-corrected chi connectivity index (χ4v) is 4.25. The topological polar surface area (TPSA) is 79.8 Å². The molecule has 4 heterocycles. The molecule has 152 valence electrons. The van der Waals surface area contributed by atoms with Crippen molar-refractivity contribution in [3.05, 3.63) is 40.8 Å². The third-order valence-electron chi connectivity index (χ3n) is 5.90. The lowest BCUT2D eigenvalue weighted by Crippen LogP contribution is -2.37. The molecule has 0 radical (unpaired) electrons. The van der Waals surface area contributed by atoms with Crippen molar-refractivity contribution in [3.63, 3.8) is 0 Å². The predicted octanol–water partition coefficient (Wildman–Crippen LogP) is 1.22. The molecule has 0 saturated carbocycles. The van der Waals surface area contributed by atoms with Crippen molar-refractivity contribution >= 4 is 11.7 Å². The molecular formula is C21H25N5O3. The van der Waals surface area contributed by atoms with Crippen LogP contribution in [0.2, 0.25) is 0 Å². The van der Waals surface area contributed by atoms with Gasteiger partial charge in [0.2, 0.25) is 6.79 Å². The van der Waals surface area contributed by atoms with Gasteiger partial charge >= 0.3 is 0 Å². The first kappa shape index (κ1) is 18.2. The van der Waals surface area contributed by atoms with Gasteiger partial charge in [0, 0.05) is 37.7 Å². The molecule has 3 aliphatic heterocycles. The average Bonchev–Trinajstić information content (AvgIpc) is 3.37. The zero-order valence-corrected chi connectivity index (χ0v) is 16.8. The van der Waals surface area contributed by atoms with Gasteiger partial charge in [-0.05, 0) is 44.6 Å². The molecule has 0 bridgehead atoms. The number of nitrogens with zero attached hydrogens (tertiary/aromatic N) is 4. The number of amides is 1. The van der Waals surface area contributed by atoms with Gasteiger partial charge in [-0.25, -0.2) is 9.97 Å². The lowest BCUT2D eigenvalue weighted by molar-refractivity contribution is 0.0940. The van der Waals surface area contributed by atoms with Crippen molar-refractivity contribution in [2.24, 2.45) is 0 Å². The van der Waals surface area contributed by atoms with Crippen LogP contribution in [0, 0.1) is 0 Å². The summed E-state index contributed by atoms with van der Waals surface area (Å²) < 4.78 is 10.9. The second kappa shape index (κ2) is 7.18. The van der Waals surface area contributed by atoms with Crippen LogP contribution in [0.1, 0.15) is 33.9 Å². The number of hydrogen-bond donors (Lipinski definition) is 1. The van der Waals surface area contributed by atoms with Gasteiger partial charge in [-0.15, -0.1) is 0 Å². The molecular weight excluding hydrogens is 370 g/mol. The lowest BCUT2D eigenvalue weighted by Gasteiger charge is -2.26. The number of ether oxygens (including phenoxy) is 2. The van der Waals surface area contributed by atoms with Gasteiger partial charge in [-0.1, -0.05) is 6.07 Å². The molecule has 2 aromatic rings. The van der Waals surface area contributed by atoms with Crippen LogP contribution in [0.5, 0.6) is 11.5 Å². The number of hydrogen-bond acceptors (Lipinski definition) is 7. The Bertz CT molecular complexity index is 962. The van der Waals surface area contributed by atoms with E-state index in [1.807, 2.05) is 18.2 Å². The van der Waals surface area contributed by atoms with Crippen molar-refractivity contribution in [1.82, 2.24) is 20.2 Å². The normalized spacial score (nSPS) is 20.2. The third-order valence-corrected chi connectivity index (χ3v) is 5.90. The van der Waals surface area contributed by atoms with Crippen LogP contribution in [-0.4, -0.2) is 67.3 Å². The zero-order chi connectivity index (χ0) is 20.0.